The molecule has 3 aromatic carbocycles. The van der Waals surface area contributed by atoms with Gasteiger partial charge in [-0.15, -0.1) is 0 Å². The Morgan fingerprint density at radius 2 is 1.62 bits per heavy atom. The van der Waals surface area contributed by atoms with Crippen molar-refractivity contribution in [3.63, 3.8) is 0 Å². The highest BCUT2D eigenvalue weighted by atomic mass is 79.9. The van der Waals surface area contributed by atoms with Gasteiger partial charge in [-0.1, -0.05) is 62.8 Å². The lowest BCUT2D eigenvalue weighted by atomic mass is 9.83. The van der Waals surface area contributed by atoms with Gasteiger partial charge in [-0.2, -0.15) is 0 Å². The van der Waals surface area contributed by atoms with Crippen molar-refractivity contribution in [3.8, 4) is 0 Å². The number of thioether (sulfide) groups is 1. The van der Waals surface area contributed by atoms with E-state index in [1.165, 1.54) is 33.7 Å². The number of thiazole rings is 1. The van der Waals surface area contributed by atoms with Gasteiger partial charge in [0.2, 0.25) is 17.7 Å². The maximum atomic E-state index is 13.9. The number of anilines is 2. The van der Waals surface area contributed by atoms with Gasteiger partial charge >= 0.3 is 4.87 Å². The predicted octanol–water partition coefficient (Wildman–Crippen LogP) is 5.90. The highest BCUT2D eigenvalue weighted by molar-refractivity contribution is 9.10. The molecule has 40 heavy (non-hydrogen) atoms. The number of nitrogens with one attached hydrogen (secondary N) is 1. The van der Waals surface area contributed by atoms with Crippen LogP contribution in [-0.4, -0.2) is 27.5 Å². The molecule has 1 saturated heterocycles. The fourth-order valence-corrected chi connectivity index (χ4v) is 8.17. The molecular formula is C28H18BrClFN3O4S2. The van der Waals surface area contributed by atoms with Gasteiger partial charge in [0.15, 0.2) is 0 Å². The zero-order valence-electron chi connectivity index (χ0n) is 20.3. The van der Waals surface area contributed by atoms with E-state index in [2.05, 4.69) is 21.2 Å². The fraction of sp³-hybridized carbons (Fsp3) is 0.143. The molecule has 202 valence electrons. The summed E-state index contributed by atoms with van der Waals surface area (Å²) in [6.45, 7) is -0.307. The van der Waals surface area contributed by atoms with Gasteiger partial charge in [-0.25, -0.2) is 9.29 Å². The fourth-order valence-electron chi connectivity index (χ4n) is 5.01. The molecule has 2 aliphatic rings. The molecule has 2 aliphatic heterocycles. The number of imide groups is 1. The van der Waals surface area contributed by atoms with Crippen LogP contribution in [0.15, 0.2) is 87.1 Å². The summed E-state index contributed by atoms with van der Waals surface area (Å²) >= 11 is 11.6. The van der Waals surface area contributed by atoms with Crippen LogP contribution in [0.3, 0.4) is 0 Å². The summed E-state index contributed by atoms with van der Waals surface area (Å²) in [4.78, 5) is 55.1. The Bertz CT molecular complexity index is 1710. The van der Waals surface area contributed by atoms with Gasteiger partial charge in [-0.3, -0.25) is 23.7 Å². The summed E-state index contributed by atoms with van der Waals surface area (Å²) in [6, 6.07) is 19.2. The van der Waals surface area contributed by atoms with Crippen LogP contribution in [0.25, 0.3) is 0 Å². The van der Waals surface area contributed by atoms with E-state index in [0.717, 1.165) is 33.1 Å². The molecule has 0 saturated carbocycles. The minimum Gasteiger partial charge on any atom is -0.325 e. The van der Waals surface area contributed by atoms with Crippen molar-refractivity contribution in [2.75, 3.05) is 10.2 Å². The molecule has 1 aromatic heterocycles. The van der Waals surface area contributed by atoms with Gasteiger partial charge in [0, 0.05) is 26.0 Å². The maximum absolute atomic E-state index is 13.9. The highest BCUT2D eigenvalue weighted by Gasteiger charge is 2.56. The Kier molecular flexibility index (Phi) is 7.16. The Balaban J connectivity index is 1.40. The standard InChI is InChI=1S/C28H18BrClFN3O4S2/c29-15-3-11-19(12-4-15)34-25(36)22-21(14-1-5-16(30)6-2-14)24-27(39-23(22)26(34)37)33(28(38)40-24)13-20(35)32-18-9-7-17(31)8-10-18/h1-12,21-23H,13H2,(H,32,35)/t21-,22?,23?/m1/s1. The summed E-state index contributed by atoms with van der Waals surface area (Å²) in [6.07, 6.45) is 0. The Morgan fingerprint density at radius 3 is 2.30 bits per heavy atom. The minimum absolute atomic E-state index is 0.307. The average molecular weight is 659 g/mol. The number of benzene rings is 3. The Hall–Kier alpha value is -3.25. The van der Waals surface area contributed by atoms with E-state index in [9.17, 15) is 23.6 Å². The van der Waals surface area contributed by atoms with Crippen LogP contribution in [-0.2, 0) is 20.9 Å². The third-order valence-electron chi connectivity index (χ3n) is 6.79. The summed E-state index contributed by atoms with van der Waals surface area (Å²) in [7, 11) is 0. The van der Waals surface area contributed by atoms with Crippen LogP contribution < -0.4 is 15.1 Å². The number of carbonyl (C=O) groups excluding carboxylic acids is 3. The number of hydrogen-bond acceptors (Lipinski definition) is 6. The van der Waals surface area contributed by atoms with Crippen LogP contribution in [0.5, 0.6) is 0 Å². The third kappa shape index (κ3) is 4.81. The van der Waals surface area contributed by atoms with Crippen LogP contribution in [0, 0.1) is 11.7 Å². The zero-order chi connectivity index (χ0) is 28.1. The average Bonchev–Trinajstić information content (AvgIpc) is 3.37. The molecule has 0 spiro atoms. The molecule has 0 aliphatic carbocycles. The summed E-state index contributed by atoms with van der Waals surface area (Å²) in [5, 5.41) is 2.86. The highest BCUT2D eigenvalue weighted by Crippen LogP contribution is 2.54. The predicted molar refractivity (Wildman–Crippen MR) is 157 cm³/mol. The molecule has 3 atom stereocenters. The molecular weight excluding hydrogens is 641 g/mol. The summed E-state index contributed by atoms with van der Waals surface area (Å²) < 4.78 is 15.4. The van der Waals surface area contributed by atoms with Crippen molar-refractivity contribution in [2.45, 2.75) is 22.7 Å². The van der Waals surface area contributed by atoms with E-state index in [1.54, 1.807) is 48.5 Å². The maximum Gasteiger partial charge on any atom is 0.308 e. The van der Waals surface area contributed by atoms with Gasteiger partial charge in [0.1, 0.15) is 17.6 Å². The van der Waals surface area contributed by atoms with Crippen molar-refractivity contribution in [2.24, 2.45) is 5.92 Å². The number of hydrogen-bond donors (Lipinski definition) is 1. The lowest BCUT2D eigenvalue weighted by Crippen LogP contribution is -2.33. The van der Waals surface area contributed by atoms with E-state index >= 15 is 0 Å². The van der Waals surface area contributed by atoms with E-state index in [-0.39, 0.29) is 23.2 Å². The Labute approximate surface area is 249 Å². The first kappa shape index (κ1) is 26.9. The number of halogens is 3. The van der Waals surface area contributed by atoms with Crippen molar-refractivity contribution in [1.82, 2.24) is 4.57 Å². The van der Waals surface area contributed by atoms with Gasteiger partial charge in [0.05, 0.1) is 16.6 Å². The molecule has 1 N–H and O–H groups in total. The molecule has 0 bridgehead atoms. The number of amides is 3. The summed E-state index contributed by atoms with van der Waals surface area (Å²) in [5.74, 6) is -2.99. The van der Waals surface area contributed by atoms with Crippen molar-refractivity contribution < 1.29 is 18.8 Å². The quantitative estimate of drug-likeness (QED) is 0.270. The van der Waals surface area contributed by atoms with Gasteiger partial charge in [-0.05, 0) is 66.2 Å². The lowest BCUT2D eigenvalue weighted by Gasteiger charge is -2.30. The first-order valence-electron chi connectivity index (χ1n) is 12.1. The molecule has 3 amide bonds. The second-order valence-electron chi connectivity index (χ2n) is 9.26. The second kappa shape index (κ2) is 10.6. The molecule has 0 radical (unpaired) electrons. The number of rotatable bonds is 5. The Morgan fingerprint density at radius 1 is 0.950 bits per heavy atom. The van der Waals surface area contributed by atoms with Crippen LogP contribution in [0.1, 0.15) is 16.4 Å². The van der Waals surface area contributed by atoms with Gasteiger partial charge in [0.25, 0.3) is 0 Å². The van der Waals surface area contributed by atoms with Crippen LogP contribution >= 0.6 is 50.6 Å². The monoisotopic (exact) mass is 657 g/mol. The molecule has 4 aromatic rings. The van der Waals surface area contributed by atoms with Crippen molar-refractivity contribution in [1.29, 1.82) is 0 Å². The third-order valence-corrected chi connectivity index (χ3v) is 10.2. The molecule has 7 nitrogen and oxygen atoms in total. The van der Waals surface area contributed by atoms with Crippen molar-refractivity contribution >= 4 is 79.7 Å². The molecule has 12 heteroatoms. The van der Waals surface area contributed by atoms with Crippen LogP contribution in [0.2, 0.25) is 5.02 Å². The van der Waals surface area contributed by atoms with E-state index < -0.39 is 28.8 Å². The van der Waals surface area contributed by atoms with E-state index in [1.807, 2.05) is 0 Å². The smallest absolute Gasteiger partial charge is 0.308 e. The number of carbonyl (C=O) groups is 3. The second-order valence-corrected chi connectivity index (χ2v) is 12.7. The van der Waals surface area contributed by atoms with E-state index in [4.69, 9.17) is 11.6 Å². The normalized spacial score (nSPS) is 19.9. The summed E-state index contributed by atoms with van der Waals surface area (Å²) in [5.41, 5.74) is 1.59. The molecule has 3 heterocycles. The van der Waals surface area contributed by atoms with Gasteiger partial charge < -0.3 is 5.32 Å². The lowest BCUT2D eigenvalue weighted by molar-refractivity contribution is -0.122. The molecule has 6 rings (SSSR count). The largest absolute Gasteiger partial charge is 0.325 e. The molecule has 2 unspecified atom stereocenters. The first-order chi connectivity index (χ1) is 19.2. The number of nitrogens with zero attached hydrogens (tertiary/aromatic N) is 2. The zero-order valence-corrected chi connectivity index (χ0v) is 24.3. The first-order valence-corrected chi connectivity index (χ1v) is 14.9. The van der Waals surface area contributed by atoms with Crippen molar-refractivity contribution in [3.05, 3.63) is 108 Å². The molecule has 1 fully saturated rings. The number of fused-ring (bicyclic) bond motifs is 2. The SMILES string of the molecule is O=C(Cn1c2c(sc1=O)[C@H](c1ccc(Cl)cc1)C1C(=O)N(c3ccc(Br)cc3)C(=O)C1S2)Nc1ccc(F)cc1. The minimum atomic E-state index is -0.801. The van der Waals surface area contributed by atoms with Crippen LogP contribution in [0.4, 0.5) is 15.8 Å². The topological polar surface area (TPSA) is 88.5 Å². The number of aromatic nitrogens is 1. The van der Waals surface area contributed by atoms with E-state index in [0.29, 0.717) is 26.3 Å².